The van der Waals surface area contributed by atoms with E-state index in [9.17, 15) is 19.2 Å². The molecule has 0 aliphatic carbocycles. The number of imidazole rings is 1. The highest BCUT2D eigenvalue weighted by molar-refractivity contribution is 6.04. The van der Waals surface area contributed by atoms with E-state index >= 15 is 0 Å². The summed E-state index contributed by atoms with van der Waals surface area (Å²) in [5, 5.41) is 3.92. The van der Waals surface area contributed by atoms with Crippen LogP contribution in [-0.2, 0) is 30.5 Å². The molecule has 5 rings (SSSR count). The van der Waals surface area contributed by atoms with Crippen LogP contribution >= 0.6 is 0 Å². The maximum absolute atomic E-state index is 13.1. The van der Waals surface area contributed by atoms with Crippen LogP contribution in [0, 0.1) is 6.92 Å². The fraction of sp³-hybridized carbons (Fsp3) is 0.226. The van der Waals surface area contributed by atoms with Crippen LogP contribution in [0.15, 0.2) is 70.0 Å². The van der Waals surface area contributed by atoms with Gasteiger partial charge in [0.1, 0.15) is 0 Å². The van der Waals surface area contributed by atoms with Crippen LogP contribution in [0.3, 0.4) is 0 Å². The van der Waals surface area contributed by atoms with Gasteiger partial charge in [-0.2, -0.15) is 4.98 Å². The van der Waals surface area contributed by atoms with Crippen molar-refractivity contribution in [3.05, 3.63) is 82.3 Å². The molecule has 13 nitrogen and oxygen atoms in total. The number of hydrogen-bond donors (Lipinski definition) is 0. The second-order valence-electron chi connectivity index (χ2n) is 9.53. The van der Waals surface area contributed by atoms with Crippen molar-refractivity contribution in [2.75, 3.05) is 13.4 Å². The summed E-state index contributed by atoms with van der Waals surface area (Å²) >= 11 is 0. The summed E-state index contributed by atoms with van der Waals surface area (Å²) in [7, 11) is 0. The molecule has 3 aromatic carbocycles. The van der Waals surface area contributed by atoms with Crippen LogP contribution in [0.2, 0.25) is 0 Å². The van der Waals surface area contributed by atoms with Crippen LogP contribution in [0.25, 0.3) is 39.2 Å². The number of carbonyl (C=O) groups is 3. The van der Waals surface area contributed by atoms with Gasteiger partial charge >= 0.3 is 29.7 Å². The fourth-order valence-corrected chi connectivity index (χ4v) is 4.61. The van der Waals surface area contributed by atoms with Gasteiger partial charge in [-0.25, -0.2) is 14.2 Å². The normalized spacial score (nSPS) is 10.9. The Morgan fingerprint density at radius 1 is 0.886 bits per heavy atom. The predicted octanol–water partition coefficient (Wildman–Crippen LogP) is 4.41. The van der Waals surface area contributed by atoms with Gasteiger partial charge in [-0.05, 0) is 48.7 Å². The van der Waals surface area contributed by atoms with Crippen molar-refractivity contribution in [3.8, 4) is 34.2 Å². The summed E-state index contributed by atoms with van der Waals surface area (Å²) in [5.41, 5.74) is 4.76. The molecule has 226 valence electrons. The van der Waals surface area contributed by atoms with Gasteiger partial charge in [0.2, 0.25) is 6.79 Å². The quantitative estimate of drug-likeness (QED) is 0.165. The molecule has 0 bridgehead atoms. The summed E-state index contributed by atoms with van der Waals surface area (Å²) in [5.74, 6) is -2.39. The molecule has 5 aromatic rings. The Morgan fingerprint density at radius 2 is 1.59 bits per heavy atom. The molecule has 0 fully saturated rings. The third-order valence-electron chi connectivity index (χ3n) is 6.61. The monoisotopic (exact) mass is 600 g/mol. The molecular weight excluding hydrogens is 572 g/mol. The Hall–Kier alpha value is -5.72. The van der Waals surface area contributed by atoms with Crippen molar-refractivity contribution < 1.29 is 37.9 Å². The van der Waals surface area contributed by atoms with E-state index in [1.807, 2.05) is 50.2 Å². The molecule has 0 spiro atoms. The van der Waals surface area contributed by atoms with Gasteiger partial charge in [0, 0.05) is 19.4 Å². The van der Waals surface area contributed by atoms with E-state index in [0.717, 1.165) is 21.3 Å². The van der Waals surface area contributed by atoms with Crippen molar-refractivity contribution >= 4 is 28.9 Å². The first-order chi connectivity index (χ1) is 21.2. The van der Waals surface area contributed by atoms with E-state index in [1.54, 1.807) is 28.8 Å². The maximum atomic E-state index is 13.1. The number of fused-ring (bicyclic) bond motifs is 1. The molecule has 13 heteroatoms. The molecule has 0 N–H and O–H groups in total. The molecule has 0 radical (unpaired) electrons. The van der Waals surface area contributed by atoms with Crippen LogP contribution in [0.1, 0.15) is 36.7 Å². The summed E-state index contributed by atoms with van der Waals surface area (Å²) in [4.78, 5) is 52.5. The zero-order valence-corrected chi connectivity index (χ0v) is 24.4. The van der Waals surface area contributed by atoms with Crippen molar-refractivity contribution in [3.63, 3.8) is 0 Å². The average Bonchev–Trinajstić information content (AvgIpc) is 3.57. The van der Waals surface area contributed by atoms with Crippen LogP contribution in [0.5, 0.6) is 6.01 Å². The zero-order valence-electron chi connectivity index (χ0n) is 24.4. The molecule has 0 aliphatic rings. The van der Waals surface area contributed by atoms with E-state index in [4.69, 9.17) is 23.5 Å². The molecule has 2 heterocycles. The lowest BCUT2D eigenvalue weighted by Crippen LogP contribution is -2.18. The highest BCUT2D eigenvalue weighted by Crippen LogP contribution is 2.34. The second kappa shape index (κ2) is 12.7. The number of hydrogen-bond acceptors (Lipinski definition) is 11. The Labute approximate surface area is 250 Å². The zero-order chi connectivity index (χ0) is 31.4. The SMILES string of the molecule is CCOc1nc2c(C)ccc(C(=O)OCOC(C)=O)c2n1-c1ccc(-c2ccccc2-c2noc(=O)n2COC(C)=O)cc1. The number of benzene rings is 3. The van der Waals surface area contributed by atoms with Crippen molar-refractivity contribution in [1.82, 2.24) is 19.3 Å². The molecule has 2 aromatic heterocycles. The fourth-order valence-electron chi connectivity index (χ4n) is 4.61. The predicted molar refractivity (Wildman–Crippen MR) is 156 cm³/mol. The van der Waals surface area contributed by atoms with E-state index in [1.165, 1.54) is 13.8 Å². The number of carbonyl (C=O) groups excluding carboxylic acids is 3. The molecule has 0 saturated heterocycles. The number of rotatable bonds is 10. The molecule has 0 unspecified atom stereocenters. The topological polar surface area (TPSA) is 154 Å². The highest BCUT2D eigenvalue weighted by atomic mass is 16.7. The summed E-state index contributed by atoms with van der Waals surface area (Å²) < 4.78 is 28.6. The Balaban J connectivity index is 1.58. The Morgan fingerprint density at radius 3 is 2.27 bits per heavy atom. The first-order valence-electron chi connectivity index (χ1n) is 13.5. The third kappa shape index (κ3) is 5.93. The molecule has 0 aliphatic heterocycles. The van der Waals surface area contributed by atoms with Crippen molar-refractivity contribution in [2.45, 2.75) is 34.4 Å². The molecule has 0 atom stereocenters. The van der Waals surface area contributed by atoms with E-state index in [0.29, 0.717) is 28.9 Å². The number of nitrogens with zero attached hydrogens (tertiary/aromatic N) is 4. The Kier molecular flexibility index (Phi) is 8.56. The van der Waals surface area contributed by atoms with Crippen LogP contribution < -0.4 is 10.5 Å². The van der Waals surface area contributed by atoms with Gasteiger partial charge < -0.3 is 18.9 Å². The molecular formula is C31H28N4O9. The van der Waals surface area contributed by atoms with E-state index < -0.39 is 30.5 Å². The minimum absolute atomic E-state index is 0.197. The smallest absolute Gasteiger partial charge is 0.444 e. The lowest BCUT2D eigenvalue weighted by Gasteiger charge is -2.14. The van der Waals surface area contributed by atoms with E-state index in [2.05, 4.69) is 10.1 Å². The van der Waals surface area contributed by atoms with E-state index in [-0.39, 0.29) is 24.1 Å². The molecule has 0 amide bonds. The van der Waals surface area contributed by atoms with Crippen LogP contribution in [0.4, 0.5) is 0 Å². The first-order valence-corrected chi connectivity index (χ1v) is 13.5. The van der Waals surface area contributed by atoms with Gasteiger partial charge in [-0.3, -0.25) is 18.7 Å². The van der Waals surface area contributed by atoms with Crippen LogP contribution in [-0.4, -0.2) is 50.6 Å². The number of aryl methyl sites for hydroxylation is 1. The molecule has 0 saturated carbocycles. The first kappa shape index (κ1) is 29.8. The Bertz CT molecular complexity index is 1920. The largest absolute Gasteiger partial charge is 0.465 e. The number of esters is 3. The summed E-state index contributed by atoms with van der Waals surface area (Å²) in [6.07, 6.45) is 0. The van der Waals surface area contributed by atoms with Crippen molar-refractivity contribution in [2.24, 2.45) is 0 Å². The van der Waals surface area contributed by atoms with Crippen molar-refractivity contribution in [1.29, 1.82) is 0 Å². The third-order valence-corrected chi connectivity index (χ3v) is 6.61. The highest BCUT2D eigenvalue weighted by Gasteiger charge is 2.23. The molecule has 44 heavy (non-hydrogen) atoms. The van der Waals surface area contributed by atoms with Gasteiger partial charge in [0.15, 0.2) is 12.6 Å². The minimum Gasteiger partial charge on any atom is -0.465 e. The summed E-state index contributed by atoms with van der Waals surface area (Å²) in [6.45, 7) is 5.61. The van der Waals surface area contributed by atoms with Gasteiger partial charge in [0.25, 0.3) is 0 Å². The number of aromatic nitrogens is 4. The standard InChI is InChI=1S/C31H28N4O9/c1-5-40-30-32-26-18(2)10-15-25(29(38)43-17-42-20(4)37)27(26)35(30)22-13-11-21(12-14-22)23-8-6-7-9-24(23)28-33-44-31(39)34(28)16-41-19(3)36/h6-15H,5,16-17H2,1-4H3. The van der Waals surface area contributed by atoms with Gasteiger partial charge in [-0.1, -0.05) is 47.6 Å². The second-order valence-corrected chi connectivity index (χ2v) is 9.53. The number of ether oxygens (including phenoxy) is 4. The maximum Gasteiger partial charge on any atom is 0.444 e. The van der Waals surface area contributed by atoms with Gasteiger partial charge in [0.05, 0.1) is 28.9 Å². The van der Waals surface area contributed by atoms with Gasteiger partial charge in [-0.15, -0.1) is 0 Å². The average molecular weight is 601 g/mol. The lowest BCUT2D eigenvalue weighted by molar-refractivity contribution is -0.149. The lowest BCUT2D eigenvalue weighted by atomic mass is 9.99. The minimum atomic E-state index is -0.765. The summed E-state index contributed by atoms with van der Waals surface area (Å²) in [6, 6.07) is 18.3.